The van der Waals surface area contributed by atoms with Crippen LogP contribution in [0.15, 0.2) is 31.4 Å². The number of hydrogen-bond acceptors (Lipinski definition) is 4. The first kappa shape index (κ1) is 15.2. The molecule has 0 saturated heterocycles. The molecule has 0 radical (unpaired) electrons. The lowest BCUT2D eigenvalue weighted by atomic mass is 10.2. The van der Waals surface area contributed by atoms with Crippen LogP contribution in [0.1, 0.15) is 26.3 Å². The zero-order valence-electron chi connectivity index (χ0n) is 11.0. The van der Waals surface area contributed by atoms with E-state index in [-0.39, 0.29) is 6.04 Å². The van der Waals surface area contributed by atoms with Crippen molar-refractivity contribution in [2.24, 2.45) is 0 Å². The van der Waals surface area contributed by atoms with Crippen molar-refractivity contribution in [1.82, 2.24) is 9.55 Å². The van der Waals surface area contributed by atoms with E-state index in [9.17, 15) is 4.57 Å². The summed E-state index contributed by atoms with van der Waals surface area (Å²) in [6.07, 6.45) is 8.13. The van der Waals surface area contributed by atoms with Gasteiger partial charge in [0.2, 0.25) is 0 Å². The Kier molecular flexibility index (Phi) is 6.33. The van der Waals surface area contributed by atoms with E-state index in [2.05, 4.69) is 11.6 Å². The third kappa shape index (κ3) is 4.41. The van der Waals surface area contributed by atoms with Gasteiger partial charge in [-0.1, -0.05) is 6.08 Å². The van der Waals surface area contributed by atoms with Crippen molar-refractivity contribution in [1.29, 1.82) is 0 Å². The van der Waals surface area contributed by atoms with Crippen molar-refractivity contribution in [2.75, 3.05) is 19.4 Å². The molecule has 1 aromatic heterocycles. The average Bonchev–Trinajstić information content (AvgIpc) is 2.84. The molecule has 6 heteroatoms. The van der Waals surface area contributed by atoms with Gasteiger partial charge >= 0.3 is 7.60 Å². The molecule has 0 aromatic carbocycles. The lowest BCUT2D eigenvalue weighted by Gasteiger charge is -2.20. The van der Waals surface area contributed by atoms with E-state index in [1.807, 2.05) is 30.7 Å². The highest BCUT2D eigenvalue weighted by Crippen LogP contribution is 2.49. The van der Waals surface area contributed by atoms with Gasteiger partial charge in [-0.15, -0.1) is 6.58 Å². The molecule has 0 aliphatic rings. The van der Waals surface area contributed by atoms with E-state index in [0.29, 0.717) is 25.8 Å². The summed E-state index contributed by atoms with van der Waals surface area (Å²) in [5, 5.41) is 0. The van der Waals surface area contributed by atoms with Crippen LogP contribution in [0.4, 0.5) is 0 Å². The molecule has 1 aromatic rings. The summed E-state index contributed by atoms with van der Waals surface area (Å²) in [7, 11) is -2.97. The molecule has 1 heterocycles. The maximum Gasteiger partial charge on any atom is 0.330 e. The molecule has 1 unspecified atom stereocenters. The fraction of sp³-hybridized carbons (Fsp3) is 0.583. The Morgan fingerprint density at radius 1 is 1.44 bits per heavy atom. The third-order valence-corrected chi connectivity index (χ3v) is 4.64. The Morgan fingerprint density at radius 3 is 2.56 bits per heavy atom. The quantitative estimate of drug-likeness (QED) is 0.511. The van der Waals surface area contributed by atoms with Crippen LogP contribution in [0.2, 0.25) is 0 Å². The number of nitrogens with zero attached hydrogens (tertiary/aromatic N) is 2. The van der Waals surface area contributed by atoms with Crippen molar-refractivity contribution in [3.63, 3.8) is 0 Å². The monoisotopic (exact) mass is 272 g/mol. The topological polar surface area (TPSA) is 53.4 Å². The maximum atomic E-state index is 12.3. The lowest BCUT2D eigenvalue weighted by Crippen LogP contribution is -2.08. The number of allylic oxidation sites excluding steroid dienone is 1. The van der Waals surface area contributed by atoms with E-state index in [1.54, 1.807) is 12.5 Å². The highest BCUT2D eigenvalue weighted by atomic mass is 31.2. The summed E-state index contributed by atoms with van der Waals surface area (Å²) < 4.78 is 24.7. The van der Waals surface area contributed by atoms with Crippen LogP contribution in [-0.4, -0.2) is 28.9 Å². The molecule has 0 aliphatic heterocycles. The minimum absolute atomic E-state index is 0.0572. The highest BCUT2D eigenvalue weighted by molar-refractivity contribution is 7.53. The predicted octanol–water partition coefficient (Wildman–Crippen LogP) is 3.27. The first-order valence-electron chi connectivity index (χ1n) is 6.13. The SMILES string of the molecule is C=CC(CCP(=O)(OCC)OCC)n1ccnc1. The predicted molar refractivity (Wildman–Crippen MR) is 71.8 cm³/mol. The van der Waals surface area contributed by atoms with E-state index in [0.717, 1.165) is 0 Å². The Labute approximate surface area is 108 Å². The second-order valence-electron chi connectivity index (χ2n) is 3.77. The second-order valence-corrected chi connectivity index (χ2v) is 5.96. The van der Waals surface area contributed by atoms with Gasteiger partial charge in [0.05, 0.1) is 31.7 Å². The number of imidazole rings is 1. The van der Waals surface area contributed by atoms with Gasteiger partial charge in [0.15, 0.2) is 0 Å². The molecule has 0 amide bonds. The molecule has 1 atom stereocenters. The van der Waals surface area contributed by atoms with Crippen LogP contribution < -0.4 is 0 Å². The Hall–Kier alpha value is -0.900. The molecular weight excluding hydrogens is 251 g/mol. The zero-order valence-corrected chi connectivity index (χ0v) is 11.9. The van der Waals surface area contributed by atoms with Crippen molar-refractivity contribution >= 4 is 7.60 Å². The third-order valence-electron chi connectivity index (χ3n) is 2.53. The van der Waals surface area contributed by atoms with Crippen molar-refractivity contribution in [3.8, 4) is 0 Å². The summed E-state index contributed by atoms with van der Waals surface area (Å²) >= 11 is 0. The normalized spacial score (nSPS) is 13.4. The van der Waals surface area contributed by atoms with Gasteiger partial charge < -0.3 is 13.6 Å². The summed E-state index contributed by atoms with van der Waals surface area (Å²) in [5.41, 5.74) is 0. The maximum absolute atomic E-state index is 12.3. The van der Waals surface area contributed by atoms with Gasteiger partial charge in [-0.2, -0.15) is 0 Å². The molecular formula is C12H21N2O3P. The summed E-state index contributed by atoms with van der Waals surface area (Å²) in [5.74, 6) is 0. The van der Waals surface area contributed by atoms with Crippen LogP contribution in [0.5, 0.6) is 0 Å². The molecule has 1 rings (SSSR count). The lowest BCUT2D eigenvalue weighted by molar-refractivity contribution is 0.219. The van der Waals surface area contributed by atoms with Crippen LogP contribution in [0.3, 0.4) is 0 Å². The van der Waals surface area contributed by atoms with Crippen molar-refractivity contribution < 1.29 is 13.6 Å². The van der Waals surface area contributed by atoms with E-state index in [1.165, 1.54) is 0 Å². The molecule has 0 N–H and O–H groups in total. The fourth-order valence-electron chi connectivity index (χ4n) is 1.70. The van der Waals surface area contributed by atoms with Crippen LogP contribution in [-0.2, 0) is 13.6 Å². The molecule has 0 aliphatic carbocycles. The Morgan fingerprint density at radius 2 is 2.11 bits per heavy atom. The number of hydrogen-bond donors (Lipinski definition) is 0. The molecule has 0 saturated carbocycles. The van der Waals surface area contributed by atoms with Gasteiger partial charge in [-0.05, 0) is 20.3 Å². The van der Waals surface area contributed by atoms with E-state index >= 15 is 0 Å². The van der Waals surface area contributed by atoms with Gasteiger partial charge in [0.25, 0.3) is 0 Å². The number of rotatable bonds is 9. The van der Waals surface area contributed by atoms with Crippen molar-refractivity contribution in [3.05, 3.63) is 31.4 Å². The van der Waals surface area contributed by atoms with Gasteiger partial charge in [0, 0.05) is 12.4 Å². The molecule has 5 nitrogen and oxygen atoms in total. The molecule has 102 valence electrons. The van der Waals surface area contributed by atoms with E-state index < -0.39 is 7.60 Å². The minimum atomic E-state index is -2.97. The van der Waals surface area contributed by atoms with Gasteiger partial charge in [0.1, 0.15) is 0 Å². The first-order chi connectivity index (χ1) is 8.65. The van der Waals surface area contributed by atoms with Gasteiger partial charge in [-0.3, -0.25) is 4.57 Å². The smallest absolute Gasteiger partial charge is 0.330 e. The molecule has 0 fully saturated rings. The number of aromatic nitrogens is 2. The summed E-state index contributed by atoms with van der Waals surface area (Å²) in [4.78, 5) is 3.99. The van der Waals surface area contributed by atoms with E-state index in [4.69, 9.17) is 9.05 Å². The van der Waals surface area contributed by atoms with Crippen LogP contribution >= 0.6 is 7.60 Å². The van der Waals surface area contributed by atoms with Crippen molar-refractivity contribution in [2.45, 2.75) is 26.3 Å². The molecule has 0 bridgehead atoms. The largest absolute Gasteiger partial charge is 0.331 e. The Bertz CT molecular complexity index is 382. The van der Waals surface area contributed by atoms with Crippen LogP contribution in [0, 0.1) is 0 Å². The molecule has 18 heavy (non-hydrogen) atoms. The summed E-state index contributed by atoms with van der Waals surface area (Å²) in [6, 6.07) is 0.0572. The second kappa shape index (κ2) is 7.52. The average molecular weight is 272 g/mol. The Balaban J connectivity index is 2.60. The minimum Gasteiger partial charge on any atom is -0.331 e. The van der Waals surface area contributed by atoms with Crippen LogP contribution in [0.25, 0.3) is 0 Å². The van der Waals surface area contributed by atoms with Gasteiger partial charge in [-0.25, -0.2) is 4.98 Å². The fourth-order valence-corrected chi connectivity index (χ4v) is 3.40. The first-order valence-corrected chi connectivity index (χ1v) is 7.86. The summed E-state index contributed by atoms with van der Waals surface area (Å²) in [6.45, 7) is 8.19. The molecule has 0 spiro atoms. The standard InChI is InChI=1S/C12H21N2O3P/c1-4-12(14-9-8-13-11-14)7-10-18(15,16-5-2)17-6-3/h4,8-9,11-12H,1,5-7,10H2,2-3H3. The zero-order chi connectivity index (χ0) is 13.4. The highest BCUT2D eigenvalue weighted by Gasteiger charge is 2.24.